The minimum Gasteiger partial charge on any atom is -0.392 e. The van der Waals surface area contributed by atoms with Crippen LogP contribution < -0.4 is 4.72 Å². The Morgan fingerprint density at radius 3 is 2.65 bits per heavy atom. The molecule has 0 amide bonds. The zero-order valence-corrected chi connectivity index (χ0v) is 10.9. The van der Waals surface area contributed by atoms with Crippen LogP contribution in [0.2, 0.25) is 5.02 Å². The second-order valence-electron chi connectivity index (χ2n) is 4.35. The van der Waals surface area contributed by atoms with Gasteiger partial charge in [-0.25, -0.2) is 13.1 Å². The van der Waals surface area contributed by atoms with Gasteiger partial charge in [-0.15, -0.1) is 0 Å². The van der Waals surface area contributed by atoms with Crippen molar-refractivity contribution in [1.82, 2.24) is 4.72 Å². The van der Waals surface area contributed by atoms with Crippen molar-refractivity contribution in [2.45, 2.75) is 30.9 Å². The molecule has 2 N–H and O–H groups in total. The Morgan fingerprint density at radius 2 is 2.18 bits per heavy atom. The van der Waals surface area contributed by atoms with Crippen molar-refractivity contribution in [3.05, 3.63) is 28.8 Å². The molecule has 2 unspecified atom stereocenters. The summed E-state index contributed by atoms with van der Waals surface area (Å²) in [6.07, 6.45) is 0.877. The van der Waals surface area contributed by atoms with E-state index in [4.69, 9.17) is 16.7 Å². The number of hydrogen-bond donors (Lipinski definition) is 2. The largest absolute Gasteiger partial charge is 0.392 e. The van der Waals surface area contributed by atoms with Gasteiger partial charge in [0.25, 0.3) is 0 Å². The van der Waals surface area contributed by atoms with Crippen LogP contribution in [0.25, 0.3) is 0 Å². The smallest absolute Gasteiger partial charge is 0.240 e. The van der Waals surface area contributed by atoms with Gasteiger partial charge >= 0.3 is 0 Å². The molecule has 0 aliphatic heterocycles. The van der Waals surface area contributed by atoms with Gasteiger partial charge in [0.2, 0.25) is 10.0 Å². The number of nitrogens with one attached hydrogen (secondary N) is 1. The van der Waals surface area contributed by atoms with E-state index in [1.165, 1.54) is 18.2 Å². The number of aliphatic hydroxyl groups is 1. The van der Waals surface area contributed by atoms with Crippen molar-refractivity contribution < 1.29 is 13.5 Å². The van der Waals surface area contributed by atoms with Crippen LogP contribution in [0.15, 0.2) is 23.1 Å². The third-order valence-electron chi connectivity index (χ3n) is 2.92. The maximum absolute atomic E-state index is 11.9. The Morgan fingerprint density at radius 1 is 1.53 bits per heavy atom. The summed E-state index contributed by atoms with van der Waals surface area (Å²) >= 11 is 5.86. The molecule has 6 heteroatoms. The summed E-state index contributed by atoms with van der Waals surface area (Å²) in [5, 5.41) is 9.22. The van der Waals surface area contributed by atoms with E-state index < -0.39 is 10.0 Å². The lowest BCUT2D eigenvalue weighted by atomic mass is 10.2. The highest BCUT2D eigenvalue weighted by molar-refractivity contribution is 7.89. The van der Waals surface area contributed by atoms with E-state index in [1.54, 1.807) is 0 Å². The normalized spacial score (nSPS) is 23.7. The molecule has 4 nitrogen and oxygen atoms in total. The molecule has 1 aromatic rings. The van der Waals surface area contributed by atoms with Crippen LogP contribution in [0.3, 0.4) is 0 Å². The summed E-state index contributed by atoms with van der Waals surface area (Å²) < 4.78 is 26.5. The number of hydrogen-bond acceptors (Lipinski definition) is 3. The Kier molecular flexibility index (Phi) is 3.45. The summed E-state index contributed by atoms with van der Waals surface area (Å²) in [4.78, 5) is 0.138. The van der Waals surface area contributed by atoms with Gasteiger partial charge in [0.1, 0.15) is 0 Å². The molecule has 0 spiro atoms. The fraction of sp³-hybridized carbons (Fsp3) is 0.455. The molecule has 0 aromatic heterocycles. The highest BCUT2D eigenvalue weighted by Crippen LogP contribution is 2.31. The van der Waals surface area contributed by atoms with Crippen molar-refractivity contribution in [1.29, 1.82) is 0 Å². The topological polar surface area (TPSA) is 66.4 Å². The van der Waals surface area contributed by atoms with E-state index in [9.17, 15) is 8.42 Å². The number of aliphatic hydroxyl groups excluding tert-OH is 1. The average Bonchev–Trinajstić information content (AvgIpc) is 2.93. The summed E-state index contributed by atoms with van der Waals surface area (Å²) in [6.45, 7) is 1.79. The van der Waals surface area contributed by atoms with E-state index in [2.05, 4.69) is 4.72 Å². The van der Waals surface area contributed by atoms with Gasteiger partial charge in [0.15, 0.2) is 0 Å². The van der Waals surface area contributed by atoms with Crippen molar-refractivity contribution >= 4 is 21.6 Å². The van der Waals surface area contributed by atoms with Gasteiger partial charge < -0.3 is 5.11 Å². The second kappa shape index (κ2) is 4.57. The molecule has 17 heavy (non-hydrogen) atoms. The van der Waals surface area contributed by atoms with Crippen LogP contribution in [0.4, 0.5) is 0 Å². The molecular formula is C11H14ClNO3S. The molecular weight excluding hydrogens is 262 g/mol. The third kappa shape index (κ3) is 2.80. The molecule has 0 bridgehead atoms. The maximum atomic E-state index is 11.9. The predicted molar refractivity (Wildman–Crippen MR) is 65.3 cm³/mol. The molecule has 1 aliphatic carbocycles. The molecule has 0 radical (unpaired) electrons. The molecule has 0 heterocycles. The number of sulfonamides is 1. The first kappa shape index (κ1) is 12.8. The number of halogens is 1. The van der Waals surface area contributed by atoms with Crippen LogP contribution in [-0.4, -0.2) is 19.6 Å². The molecule has 1 fully saturated rings. The van der Waals surface area contributed by atoms with Crippen LogP contribution in [0, 0.1) is 5.92 Å². The minimum absolute atomic E-state index is 0.0382. The van der Waals surface area contributed by atoms with Gasteiger partial charge in [-0.2, -0.15) is 0 Å². The van der Waals surface area contributed by atoms with Gasteiger partial charge in [-0.1, -0.05) is 24.6 Å². The van der Waals surface area contributed by atoms with E-state index in [0.29, 0.717) is 11.5 Å². The Bertz CT molecular complexity index is 530. The fourth-order valence-electron chi connectivity index (χ4n) is 1.58. The monoisotopic (exact) mass is 275 g/mol. The van der Waals surface area contributed by atoms with Crippen LogP contribution >= 0.6 is 11.6 Å². The zero-order valence-electron chi connectivity index (χ0n) is 9.35. The van der Waals surface area contributed by atoms with Gasteiger partial charge in [-0.05, 0) is 30.0 Å². The SMILES string of the molecule is CC1CC1NS(=O)(=O)c1ccc(CO)c(Cl)c1. The molecule has 2 rings (SSSR count). The molecule has 1 aromatic carbocycles. The lowest BCUT2D eigenvalue weighted by molar-refractivity contribution is 0.282. The number of benzene rings is 1. The standard InChI is InChI=1S/C11H14ClNO3S/c1-7-4-11(7)13-17(15,16)9-3-2-8(6-14)10(12)5-9/h2-3,5,7,11,13-14H,4,6H2,1H3. The lowest BCUT2D eigenvalue weighted by Gasteiger charge is -2.07. The van der Waals surface area contributed by atoms with E-state index in [1.807, 2.05) is 6.92 Å². The van der Waals surface area contributed by atoms with Crippen LogP contribution in [-0.2, 0) is 16.6 Å². The van der Waals surface area contributed by atoms with Gasteiger partial charge in [0, 0.05) is 11.1 Å². The zero-order chi connectivity index (χ0) is 12.6. The van der Waals surface area contributed by atoms with E-state index in [-0.39, 0.29) is 22.6 Å². The van der Waals surface area contributed by atoms with Crippen molar-refractivity contribution in [3.8, 4) is 0 Å². The maximum Gasteiger partial charge on any atom is 0.240 e. The second-order valence-corrected chi connectivity index (χ2v) is 6.47. The summed E-state index contributed by atoms with van der Waals surface area (Å²) in [7, 11) is -3.49. The molecule has 1 aliphatic rings. The molecule has 2 atom stereocenters. The molecule has 94 valence electrons. The number of rotatable bonds is 4. The quantitative estimate of drug-likeness (QED) is 0.876. The van der Waals surface area contributed by atoms with Crippen LogP contribution in [0.1, 0.15) is 18.9 Å². The van der Waals surface area contributed by atoms with E-state index in [0.717, 1.165) is 6.42 Å². The van der Waals surface area contributed by atoms with Crippen molar-refractivity contribution in [2.75, 3.05) is 0 Å². The van der Waals surface area contributed by atoms with Crippen LogP contribution in [0.5, 0.6) is 0 Å². The Balaban J connectivity index is 2.24. The lowest BCUT2D eigenvalue weighted by Crippen LogP contribution is -2.26. The minimum atomic E-state index is -3.49. The summed E-state index contributed by atoms with van der Waals surface area (Å²) in [6, 6.07) is 4.37. The first-order valence-corrected chi connectivity index (χ1v) is 7.22. The van der Waals surface area contributed by atoms with Gasteiger partial charge in [-0.3, -0.25) is 0 Å². The first-order valence-electron chi connectivity index (χ1n) is 5.35. The van der Waals surface area contributed by atoms with Gasteiger partial charge in [0.05, 0.1) is 11.5 Å². The van der Waals surface area contributed by atoms with Crippen molar-refractivity contribution in [3.63, 3.8) is 0 Å². The van der Waals surface area contributed by atoms with Crippen molar-refractivity contribution in [2.24, 2.45) is 5.92 Å². The summed E-state index contributed by atoms with van der Waals surface area (Å²) in [5.41, 5.74) is 0.519. The molecule has 0 saturated heterocycles. The van der Waals surface area contributed by atoms with E-state index >= 15 is 0 Å². The Labute approximate surface area is 106 Å². The average molecular weight is 276 g/mol. The third-order valence-corrected chi connectivity index (χ3v) is 4.76. The molecule has 1 saturated carbocycles. The first-order chi connectivity index (χ1) is 7.94. The highest BCUT2D eigenvalue weighted by Gasteiger charge is 2.36. The predicted octanol–water partition coefficient (Wildman–Crippen LogP) is 1.52. The fourth-order valence-corrected chi connectivity index (χ4v) is 3.27. The summed E-state index contributed by atoms with van der Waals surface area (Å²) in [5.74, 6) is 0.400. The highest BCUT2D eigenvalue weighted by atomic mass is 35.5. The Hall–Kier alpha value is -0.620.